The van der Waals surface area contributed by atoms with Crippen LogP contribution in [0.3, 0.4) is 0 Å². The third kappa shape index (κ3) is 5.06. The van der Waals surface area contributed by atoms with Crippen molar-refractivity contribution in [3.8, 4) is 0 Å². The maximum Gasteiger partial charge on any atom is 0.322 e. The minimum absolute atomic E-state index is 0.156. The van der Waals surface area contributed by atoms with Crippen LogP contribution in [0.15, 0.2) is 59.7 Å². The number of aryl methyl sites for hydroxylation is 1. The molecule has 5 heterocycles. The van der Waals surface area contributed by atoms with Crippen LogP contribution >= 0.6 is 0 Å². The first-order valence-electron chi connectivity index (χ1n) is 14.3. The zero-order valence-electron chi connectivity index (χ0n) is 24.2. The number of aliphatic imine (C=N–C) groups is 1. The molecule has 41 heavy (non-hydrogen) atoms. The van der Waals surface area contributed by atoms with Gasteiger partial charge in [-0.05, 0) is 43.9 Å². The van der Waals surface area contributed by atoms with Crippen LogP contribution in [0.4, 0.5) is 4.79 Å². The van der Waals surface area contributed by atoms with Crippen molar-refractivity contribution >= 4 is 28.3 Å². The van der Waals surface area contributed by atoms with Crippen LogP contribution in [-0.2, 0) is 13.1 Å². The number of pyridine rings is 2. The van der Waals surface area contributed by atoms with Gasteiger partial charge in [-0.15, -0.1) is 0 Å². The van der Waals surface area contributed by atoms with Gasteiger partial charge in [-0.1, -0.05) is 19.9 Å². The number of hydrogen-bond acceptors (Lipinski definition) is 7. The van der Waals surface area contributed by atoms with Gasteiger partial charge >= 0.3 is 6.03 Å². The zero-order valence-corrected chi connectivity index (χ0v) is 24.2. The summed E-state index contributed by atoms with van der Waals surface area (Å²) in [6.07, 6.45) is 9.05. The number of piperazine rings is 1. The number of carbonyl (C=O) groups is 1. The highest BCUT2D eigenvalue weighted by atomic mass is 16.2. The number of amides is 2. The van der Waals surface area contributed by atoms with Gasteiger partial charge < -0.3 is 20.4 Å². The topological polar surface area (TPSA) is 122 Å². The van der Waals surface area contributed by atoms with Crippen molar-refractivity contribution in [1.29, 1.82) is 0 Å². The summed E-state index contributed by atoms with van der Waals surface area (Å²) in [4.78, 5) is 31.9. The molecule has 6 rings (SSSR count). The Bertz CT molecular complexity index is 1660. The van der Waals surface area contributed by atoms with Crippen LogP contribution in [-0.4, -0.2) is 77.9 Å². The lowest BCUT2D eigenvalue weighted by Crippen LogP contribution is -2.59. The Morgan fingerprint density at radius 3 is 2.80 bits per heavy atom. The van der Waals surface area contributed by atoms with Crippen molar-refractivity contribution in [3.63, 3.8) is 0 Å². The summed E-state index contributed by atoms with van der Waals surface area (Å²) in [5, 5.41) is 8.54. The summed E-state index contributed by atoms with van der Waals surface area (Å²) in [6, 6.07) is 7.89. The molecule has 1 spiro atoms. The average molecular weight is 555 g/mol. The molecule has 4 aromatic heterocycles. The van der Waals surface area contributed by atoms with Crippen molar-refractivity contribution < 1.29 is 4.79 Å². The highest BCUT2D eigenvalue weighted by Gasteiger charge is 2.53. The molecular formula is C30H38N10O. The van der Waals surface area contributed by atoms with Crippen molar-refractivity contribution in [2.24, 2.45) is 16.6 Å². The molecule has 1 aliphatic carbocycles. The Morgan fingerprint density at radius 2 is 2.07 bits per heavy atom. The Morgan fingerprint density at radius 1 is 1.24 bits per heavy atom. The van der Waals surface area contributed by atoms with Crippen LogP contribution in [0.2, 0.25) is 0 Å². The molecule has 2 amide bonds. The molecule has 1 saturated carbocycles. The fourth-order valence-corrected chi connectivity index (χ4v) is 5.98. The van der Waals surface area contributed by atoms with E-state index in [9.17, 15) is 4.79 Å². The molecule has 214 valence electrons. The number of aromatic nitrogens is 5. The minimum Gasteiger partial charge on any atom is -0.403 e. The Kier molecular flexibility index (Phi) is 6.98. The van der Waals surface area contributed by atoms with Crippen molar-refractivity contribution in [1.82, 2.24) is 39.3 Å². The van der Waals surface area contributed by atoms with Gasteiger partial charge in [0.1, 0.15) is 11.4 Å². The number of carbonyl (C=O) groups excluding carboxylic acids is 1. The van der Waals surface area contributed by atoms with E-state index in [1.165, 1.54) is 11.9 Å². The van der Waals surface area contributed by atoms with Crippen molar-refractivity contribution in [2.75, 3.05) is 26.7 Å². The summed E-state index contributed by atoms with van der Waals surface area (Å²) in [6.45, 7) is 10.2. The number of fused-ring (bicyclic) bond motifs is 2. The molecule has 3 N–H and O–H groups in total. The lowest BCUT2D eigenvalue weighted by atomic mass is 10.1. The standard InChI is InChI=1S/C30H38N10O/c1-20(2)17-40-25-13-23(33-15-22(25)16-34-40)28(32-4)24(14-31)36-29(41)39-12-11-37(19-30(39)8-9-30)18-26-21(3)35-27-7-5-6-10-38(26)27/h5-7,10,13-16,20H,8-9,11-12,17-19,31H2,1-4H3,(H,36,41)/b24-14+,32-28?. The summed E-state index contributed by atoms with van der Waals surface area (Å²) in [5.41, 5.74) is 11.7. The molecule has 11 heteroatoms. The number of allylic oxidation sites excluding steroid dienone is 1. The first-order valence-corrected chi connectivity index (χ1v) is 14.3. The highest BCUT2D eigenvalue weighted by Crippen LogP contribution is 2.44. The molecule has 0 unspecified atom stereocenters. The zero-order chi connectivity index (χ0) is 28.7. The van der Waals surface area contributed by atoms with Crippen molar-refractivity contribution in [3.05, 3.63) is 71.8 Å². The van der Waals surface area contributed by atoms with E-state index in [2.05, 4.69) is 56.7 Å². The first-order chi connectivity index (χ1) is 19.8. The predicted molar refractivity (Wildman–Crippen MR) is 160 cm³/mol. The van der Waals surface area contributed by atoms with Gasteiger partial charge in [-0.3, -0.25) is 19.6 Å². The molecule has 2 aliphatic rings. The number of imidazole rings is 1. The number of urea groups is 1. The molecule has 0 radical (unpaired) electrons. The number of nitrogens with two attached hydrogens (primary N) is 1. The normalized spacial score (nSPS) is 17.7. The molecule has 1 saturated heterocycles. The van der Waals surface area contributed by atoms with E-state index < -0.39 is 0 Å². The van der Waals surface area contributed by atoms with E-state index >= 15 is 0 Å². The van der Waals surface area contributed by atoms with Gasteiger partial charge in [0.2, 0.25) is 0 Å². The fraction of sp³-hybridized carbons (Fsp3) is 0.433. The molecule has 11 nitrogen and oxygen atoms in total. The Hall–Kier alpha value is -4.25. The predicted octanol–water partition coefficient (Wildman–Crippen LogP) is 3.32. The number of hydrogen-bond donors (Lipinski definition) is 2. The first kappa shape index (κ1) is 26.9. The second-order valence-electron chi connectivity index (χ2n) is 11.6. The minimum atomic E-state index is -0.166. The van der Waals surface area contributed by atoms with E-state index in [0.717, 1.165) is 61.3 Å². The van der Waals surface area contributed by atoms with Crippen LogP contribution in [0.1, 0.15) is 43.8 Å². The highest BCUT2D eigenvalue weighted by molar-refractivity contribution is 6.13. The lowest BCUT2D eigenvalue weighted by molar-refractivity contribution is 0.0777. The van der Waals surface area contributed by atoms with Crippen LogP contribution in [0, 0.1) is 12.8 Å². The maximum absolute atomic E-state index is 13.7. The monoisotopic (exact) mass is 554 g/mol. The number of rotatable bonds is 7. The van der Waals surface area contributed by atoms with Crippen LogP contribution in [0.25, 0.3) is 16.6 Å². The van der Waals surface area contributed by atoms with Crippen LogP contribution in [0.5, 0.6) is 0 Å². The van der Waals surface area contributed by atoms with E-state index in [1.807, 2.05) is 40.0 Å². The second kappa shape index (κ2) is 10.6. The molecule has 1 aliphatic heterocycles. The fourth-order valence-electron chi connectivity index (χ4n) is 5.98. The van der Waals surface area contributed by atoms with E-state index in [4.69, 9.17) is 10.7 Å². The molecule has 0 aromatic carbocycles. The Balaban J connectivity index is 1.16. The van der Waals surface area contributed by atoms with Gasteiger partial charge in [-0.25, -0.2) is 9.78 Å². The molecule has 4 aromatic rings. The molecule has 0 atom stereocenters. The van der Waals surface area contributed by atoms with Crippen LogP contribution < -0.4 is 11.1 Å². The molecule has 2 fully saturated rings. The smallest absolute Gasteiger partial charge is 0.322 e. The van der Waals surface area contributed by atoms with Gasteiger partial charge in [0.25, 0.3) is 0 Å². The van der Waals surface area contributed by atoms with Crippen molar-refractivity contribution in [2.45, 2.75) is 52.2 Å². The summed E-state index contributed by atoms with van der Waals surface area (Å²) >= 11 is 0. The Labute approximate surface area is 239 Å². The quantitative estimate of drug-likeness (QED) is 0.338. The van der Waals surface area contributed by atoms with E-state index in [1.54, 1.807) is 13.2 Å². The van der Waals surface area contributed by atoms with E-state index in [0.29, 0.717) is 29.6 Å². The maximum atomic E-state index is 13.7. The largest absolute Gasteiger partial charge is 0.403 e. The summed E-state index contributed by atoms with van der Waals surface area (Å²) < 4.78 is 4.15. The third-order valence-electron chi connectivity index (χ3n) is 8.20. The molecular weight excluding hydrogens is 516 g/mol. The van der Waals surface area contributed by atoms with Gasteiger partial charge in [0.05, 0.1) is 40.0 Å². The van der Waals surface area contributed by atoms with E-state index in [-0.39, 0.29) is 11.6 Å². The summed E-state index contributed by atoms with van der Waals surface area (Å²) in [7, 11) is 1.69. The average Bonchev–Trinajstić information content (AvgIpc) is 3.49. The van der Waals surface area contributed by atoms with Gasteiger partial charge in [0.15, 0.2) is 0 Å². The number of nitrogens with one attached hydrogen (secondary N) is 1. The lowest BCUT2D eigenvalue weighted by Gasteiger charge is -2.42. The van der Waals surface area contributed by atoms with Gasteiger partial charge in [0, 0.05) is 63.8 Å². The third-order valence-corrected chi connectivity index (χ3v) is 8.20. The SMILES string of the molecule is CN=C(/C(=C\N)NC(=O)N1CCN(Cc2c(C)nc3ccccn23)CC12CC2)c1cc2c(cn1)cnn2CC(C)C. The molecule has 0 bridgehead atoms. The van der Waals surface area contributed by atoms with Gasteiger partial charge in [-0.2, -0.15) is 5.10 Å². The summed E-state index contributed by atoms with van der Waals surface area (Å²) in [5.74, 6) is 0.450. The number of nitrogens with zero attached hydrogens (tertiary/aromatic N) is 8. The second-order valence-corrected chi connectivity index (χ2v) is 11.6.